The average molecular weight is 290 g/mol. The number of nitrogens with two attached hydrogens (primary N) is 1. The number of halogens is 3. The van der Waals surface area contributed by atoms with Crippen LogP contribution in [0.25, 0.3) is 0 Å². The minimum atomic E-state index is -4.56. The van der Waals surface area contributed by atoms with Crippen LogP contribution in [0.5, 0.6) is 0 Å². The van der Waals surface area contributed by atoms with E-state index in [1.165, 1.54) is 12.1 Å². The Hall–Kier alpha value is -2.45. The predicted molar refractivity (Wildman–Crippen MR) is 66.5 cm³/mol. The minimum absolute atomic E-state index is 0.0237. The molecule has 0 spiro atoms. The third-order valence-corrected chi connectivity index (χ3v) is 2.28. The molecular formula is C11H13F3N4O2. The molecule has 2 amide bonds. The lowest BCUT2D eigenvalue weighted by atomic mass is 10.1. The van der Waals surface area contributed by atoms with Crippen LogP contribution in [0.4, 0.5) is 23.7 Å². The Balaban J connectivity index is 2.63. The molecule has 0 saturated heterocycles. The number of nitrogens with one attached hydrogen (secondary N) is 2. The van der Waals surface area contributed by atoms with Gasteiger partial charge in [-0.1, -0.05) is 17.3 Å². The molecule has 0 aliphatic rings. The standard InChI is InChI=1S/C11H13F3N4O2/c12-11(13,14)7-3-1-2-4-8(7)17-10(19)16-6-5-9(15)18-20/h1-4,20H,5-6H2,(H2,15,18)(H2,16,17,19). The monoisotopic (exact) mass is 290 g/mol. The summed E-state index contributed by atoms with van der Waals surface area (Å²) in [6.45, 7) is 0.0237. The molecule has 9 heteroatoms. The van der Waals surface area contributed by atoms with Crippen molar-refractivity contribution in [3.63, 3.8) is 0 Å². The van der Waals surface area contributed by atoms with Gasteiger partial charge in [0.1, 0.15) is 5.84 Å². The molecule has 0 unspecified atom stereocenters. The first-order valence-electron chi connectivity index (χ1n) is 5.52. The number of para-hydroxylation sites is 1. The molecule has 1 rings (SSSR count). The summed E-state index contributed by atoms with van der Waals surface area (Å²) in [5.41, 5.74) is 3.89. The van der Waals surface area contributed by atoms with Gasteiger partial charge in [-0.15, -0.1) is 0 Å². The van der Waals surface area contributed by atoms with Crippen molar-refractivity contribution in [3.05, 3.63) is 29.8 Å². The van der Waals surface area contributed by atoms with E-state index in [0.717, 1.165) is 12.1 Å². The maximum Gasteiger partial charge on any atom is 0.418 e. The Morgan fingerprint density at radius 2 is 2.00 bits per heavy atom. The highest BCUT2D eigenvalue weighted by Gasteiger charge is 2.33. The topological polar surface area (TPSA) is 99.7 Å². The van der Waals surface area contributed by atoms with E-state index in [1.54, 1.807) is 0 Å². The molecule has 0 aromatic heterocycles. The molecule has 0 saturated carbocycles. The molecular weight excluding hydrogens is 277 g/mol. The average Bonchev–Trinajstić information content (AvgIpc) is 2.37. The van der Waals surface area contributed by atoms with Crippen LogP contribution in [0.15, 0.2) is 29.4 Å². The maximum atomic E-state index is 12.7. The first kappa shape index (κ1) is 15.6. The Kier molecular flexibility index (Phi) is 5.18. The highest BCUT2D eigenvalue weighted by atomic mass is 19.4. The molecule has 0 aliphatic heterocycles. The summed E-state index contributed by atoms with van der Waals surface area (Å²) >= 11 is 0. The SMILES string of the molecule is NC(CCNC(=O)Nc1ccccc1C(F)(F)F)=NO. The first-order chi connectivity index (χ1) is 9.34. The maximum absolute atomic E-state index is 12.7. The molecule has 0 radical (unpaired) electrons. The Morgan fingerprint density at radius 1 is 1.35 bits per heavy atom. The number of carbonyl (C=O) groups is 1. The number of amides is 2. The lowest BCUT2D eigenvalue weighted by Gasteiger charge is -2.13. The zero-order valence-corrected chi connectivity index (χ0v) is 10.2. The highest BCUT2D eigenvalue weighted by molar-refractivity contribution is 5.90. The number of amidine groups is 1. The zero-order valence-electron chi connectivity index (χ0n) is 10.2. The summed E-state index contributed by atoms with van der Waals surface area (Å²) in [7, 11) is 0. The number of oxime groups is 1. The van der Waals surface area contributed by atoms with Gasteiger partial charge in [0.2, 0.25) is 0 Å². The van der Waals surface area contributed by atoms with Crippen molar-refractivity contribution in [3.8, 4) is 0 Å². The third kappa shape index (κ3) is 4.67. The molecule has 6 nitrogen and oxygen atoms in total. The fourth-order valence-corrected chi connectivity index (χ4v) is 1.36. The summed E-state index contributed by atoms with van der Waals surface area (Å²) in [4.78, 5) is 11.4. The predicted octanol–water partition coefficient (Wildman–Crippen LogP) is 1.96. The van der Waals surface area contributed by atoms with Crippen LogP contribution in [0.3, 0.4) is 0 Å². The fraction of sp³-hybridized carbons (Fsp3) is 0.273. The van der Waals surface area contributed by atoms with Crippen molar-refractivity contribution in [2.45, 2.75) is 12.6 Å². The van der Waals surface area contributed by atoms with Crippen molar-refractivity contribution >= 4 is 17.6 Å². The Morgan fingerprint density at radius 3 is 2.60 bits per heavy atom. The van der Waals surface area contributed by atoms with Crippen LogP contribution in [0, 0.1) is 0 Å². The lowest BCUT2D eigenvalue weighted by Crippen LogP contribution is -2.32. The first-order valence-corrected chi connectivity index (χ1v) is 5.52. The molecule has 0 heterocycles. The van der Waals surface area contributed by atoms with Gasteiger partial charge >= 0.3 is 12.2 Å². The smallest absolute Gasteiger partial charge is 0.409 e. The van der Waals surface area contributed by atoms with Gasteiger partial charge in [0.15, 0.2) is 0 Å². The molecule has 0 fully saturated rings. The van der Waals surface area contributed by atoms with Crippen LogP contribution in [0.2, 0.25) is 0 Å². The van der Waals surface area contributed by atoms with E-state index in [2.05, 4.69) is 15.8 Å². The molecule has 5 N–H and O–H groups in total. The normalized spacial score (nSPS) is 12.1. The van der Waals surface area contributed by atoms with Crippen molar-refractivity contribution < 1.29 is 23.2 Å². The van der Waals surface area contributed by atoms with Gasteiger partial charge in [-0.3, -0.25) is 0 Å². The van der Waals surface area contributed by atoms with Gasteiger partial charge in [-0.2, -0.15) is 13.2 Å². The second-order valence-electron chi connectivity index (χ2n) is 3.77. The molecule has 1 aromatic carbocycles. The molecule has 20 heavy (non-hydrogen) atoms. The van der Waals surface area contributed by atoms with Gasteiger partial charge in [-0.25, -0.2) is 4.79 Å². The Labute approximate surface area is 112 Å². The second-order valence-corrected chi connectivity index (χ2v) is 3.77. The van der Waals surface area contributed by atoms with Gasteiger partial charge in [0.25, 0.3) is 0 Å². The van der Waals surface area contributed by atoms with Gasteiger partial charge in [0.05, 0.1) is 11.3 Å². The van der Waals surface area contributed by atoms with E-state index in [9.17, 15) is 18.0 Å². The molecule has 0 aliphatic carbocycles. The Bertz CT molecular complexity index is 503. The number of anilines is 1. The summed E-state index contributed by atoms with van der Waals surface area (Å²) in [5, 5.41) is 15.3. The summed E-state index contributed by atoms with van der Waals surface area (Å²) < 4.78 is 38.0. The summed E-state index contributed by atoms with van der Waals surface area (Å²) in [5.74, 6) is -0.0963. The number of benzene rings is 1. The minimum Gasteiger partial charge on any atom is -0.409 e. The van der Waals surface area contributed by atoms with Crippen molar-refractivity contribution in [2.24, 2.45) is 10.9 Å². The van der Waals surface area contributed by atoms with E-state index in [1.807, 2.05) is 0 Å². The number of carbonyl (C=O) groups excluding carboxylic acids is 1. The van der Waals surface area contributed by atoms with Gasteiger partial charge in [-0.05, 0) is 12.1 Å². The van der Waals surface area contributed by atoms with Crippen LogP contribution >= 0.6 is 0 Å². The third-order valence-electron chi connectivity index (χ3n) is 2.28. The van der Waals surface area contributed by atoms with Gasteiger partial charge in [0, 0.05) is 13.0 Å². The van der Waals surface area contributed by atoms with Crippen LogP contribution in [-0.4, -0.2) is 23.6 Å². The van der Waals surface area contributed by atoms with Crippen LogP contribution < -0.4 is 16.4 Å². The summed E-state index contributed by atoms with van der Waals surface area (Å²) in [6, 6.07) is 3.80. The molecule has 0 bridgehead atoms. The number of nitrogens with zero attached hydrogens (tertiary/aromatic N) is 1. The fourth-order valence-electron chi connectivity index (χ4n) is 1.36. The van der Waals surface area contributed by atoms with Crippen molar-refractivity contribution in [2.75, 3.05) is 11.9 Å². The quantitative estimate of drug-likeness (QED) is 0.295. The molecule has 110 valence electrons. The number of hydrogen-bond donors (Lipinski definition) is 4. The molecule has 1 aromatic rings. The van der Waals surface area contributed by atoms with E-state index in [4.69, 9.17) is 10.9 Å². The number of rotatable bonds is 4. The number of hydrogen-bond acceptors (Lipinski definition) is 3. The van der Waals surface area contributed by atoms with Crippen molar-refractivity contribution in [1.29, 1.82) is 0 Å². The van der Waals surface area contributed by atoms with E-state index in [0.29, 0.717) is 0 Å². The highest BCUT2D eigenvalue weighted by Crippen LogP contribution is 2.34. The molecule has 0 atom stereocenters. The lowest BCUT2D eigenvalue weighted by molar-refractivity contribution is -0.136. The second kappa shape index (κ2) is 6.64. The van der Waals surface area contributed by atoms with Crippen LogP contribution in [0.1, 0.15) is 12.0 Å². The van der Waals surface area contributed by atoms with E-state index < -0.39 is 17.8 Å². The van der Waals surface area contributed by atoms with E-state index in [-0.39, 0.29) is 24.5 Å². The van der Waals surface area contributed by atoms with E-state index >= 15 is 0 Å². The number of alkyl halides is 3. The van der Waals surface area contributed by atoms with Crippen molar-refractivity contribution in [1.82, 2.24) is 5.32 Å². The largest absolute Gasteiger partial charge is 0.418 e. The van der Waals surface area contributed by atoms with Crippen LogP contribution in [-0.2, 0) is 6.18 Å². The number of urea groups is 1. The summed E-state index contributed by atoms with van der Waals surface area (Å²) in [6.07, 6.45) is -4.48. The zero-order chi connectivity index (χ0) is 15.2. The van der Waals surface area contributed by atoms with Gasteiger partial charge < -0.3 is 21.6 Å².